The summed E-state index contributed by atoms with van der Waals surface area (Å²) < 4.78 is 4.69. The molecular weight excluding hydrogens is 270 g/mol. The molecule has 2 aliphatic rings. The number of carbonyl (C=O) groups is 2. The van der Waals surface area contributed by atoms with Gasteiger partial charge in [-0.3, -0.25) is 14.5 Å². The Bertz CT molecular complexity index is 376. The van der Waals surface area contributed by atoms with Crippen LogP contribution in [0.2, 0.25) is 0 Å². The summed E-state index contributed by atoms with van der Waals surface area (Å²) in [6, 6.07) is 0.681. The minimum atomic E-state index is -0.405. The number of hydrogen-bond donors (Lipinski definition) is 1. The van der Waals surface area contributed by atoms with Crippen LogP contribution in [0.15, 0.2) is 0 Å². The summed E-state index contributed by atoms with van der Waals surface area (Å²) in [5.41, 5.74) is 0. The van der Waals surface area contributed by atoms with E-state index in [1.807, 2.05) is 0 Å². The molecule has 1 saturated heterocycles. The number of likely N-dealkylation sites (tertiary alicyclic amines) is 1. The van der Waals surface area contributed by atoms with Gasteiger partial charge in [0.25, 0.3) is 0 Å². The van der Waals surface area contributed by atoms with Crippen molar-refractivity contribution in [1.29, 1.82) is 0 Å². The Morgan fingerprint density at radius 1 is 1.29 bits per heavy atom. The second kappa shape index (κ2) is 7.22. The highest BCUT2D eigenvalue weighted by atomic mass is 16.5. The number of likely N-dealkylation sites (N-methyl/N-ethyl adjacent to an activating group) is 1. The molecule has 1 atom stereocenters. The normalized spacial score (nSPS) is 22.1. The minimum absolute atomic E-state index is 0.0156. The Morgan fingerprint density at radius 2 is 1.90 bits per heavy atom. The lowest BCUT2D eigenvalue weighted by molar-refractivity contribution is -0.146. The maximum absolute atomic E-state index is 12.0. The van der Waals surface area contributed by atoms with Crippen molar-refractivity contribution >= 4 is 11.9 Å². The Balaban J connectivity index is 1.68. The fraction of sp³-hybridized carbons (Fsp3) is 0.867. The zero-order chi connectivity index (χ0) is 15.4. The lowest BCUT2D eigenvalue weighted by Crippen LogP contribution is -2.49. The van der Waals surface area contributed by atoms with Crippen LogP contribution in [0.1, 0.15) is 32.6 Å². The van der Waals surface area contributed by atoms with Gasteiger partial charge in [0.15, 0.2) is 0 Å². The summed E-state index contributed by atoms with van der Waals surface area (Å²) in [6.45, 7) is 4.14. The third-order valence-corrected chi connectivity index (χ3v) is 4.55. The van der Waals surface area contributed by atoms with Gasteiger partial charge in [0, 0.05) is 25.2 Å². The SMILES string of the molecule is COC(=O)[C@H](C)N(C)CC(=O)NC1CCN(C2CC2)CC1. The third kappa shape index (κ3) is 4.68. The van der Waals surface area contributed by atoms with E-state index in [2.05, 4.69) is 15.0 Å². The minimum Gasteiger partial charge on any atom is -0.468 e. The number of carbonyl (C=O) groups excluding carboxylic acids is 2. The third-order valence-electron chi connectivity index (χ3n) is 4.55. The molecule has 0 radical (unpaired) electrons. The van der Waals surface area contributed by atoms with Gasteiger partial charge in [-0.25, -0.2) is 0 Å². The molecule has 0 aromatic heterocycles. The van der Waals surface area contributed by atoms with Gasteiger partial charge in [0.1, 0.15) is 6.04 Å². The molecule has 1 heterocycles. The van der Waals surface area contributed by atoms with Gasteiger partial charge in [-0.05, 0) is 39.7 Å². The van der Waals surface area contributed by atoms with Gasteiger partial charge in [-0.2, -0.15) is 0 Å². The first-order valence-corrected chi connectivity index (χ1v) is 7.82. The predicted octanol–water partition coefficient (Wildman–Crippen LogP) is 0.223. The highest BCUT2D eigenvalue weighted by molar-refractivity contribution is 5.80. The zero-order valence-corrected chi connectivity index (χ0v) is 13.3. The Hall–Kier alpha value is -1.14. The lowest BCUT2D eigenvalue weighted by atomic mass is 10.0. The van der Waals surface area contributed by atoms with Gasteiger partial charge in [-0.15, -0.1) is 0 Å². The highest BCUT2D eigenvalue weighted by Crippen LogP contribution is 2.29. The van der Waals surface area contributed by atoms with E-state index in [1.54, 1.807) is 18.9 Å². The van der Waals surface area contributed by atoms with Crippen LogP contribution in [0.4, 0.5) is 0 Å². The monoisotopic (exact) mass is 297 g/mol. The molecule has 6 nitrogen and oxygen atoms in total. The molecule has 0 aromatic carbocycles. The Labute approximate surface area is 126 Å². The zero-order valence-electron chi connectivity index (χ0n) is 13.3. The van der Waals surface area contributed by atoms with Crippen molar-refractivity contribution < 1.29 is 14.3 Å². The van der Waals surface area contributed by atoms with Crippen LogP contribution in [-0.2, 0) is 14.3 Å². The molecule has 1 saturated carbocycles. The molecule has 120 valence electrons. The number of esters is 1. The quantitative estimate of drug-likeness (QED) is 0.711. The molecular formula is C15H27N3O3. The highest BCUT2D eigenvalue weighted by Gasteiger charge is 2.32. The van der Waals surface area contributed by atoms with Crippen LogP contribution < -0.4 is 5.32 Å². The summed E-state index contributed by atoms with van der Waals surface area (Å²) in [4.78, 5) is 27.7. The number of nitrogens with one attached hydrogen (secondary N) is 1. The summed E-state index contributed by atoms with van der Waals surface area (Å²) in [6.07, 6.45) is 4.73. The predicted molar refractivity (Wildman–Crippen MR) is 79.9 cm³/mol. The number of nitrogens with zero attached hydrogens (tertiary/aromatic N) is 2. The average molecular weight is 297 g/mol. The topological polar surface area (TPSA) is 61.9 Å². The number of amides is 1. The first-order chi connectivity index (χ1) is 10.0. The van der Waals surface area contributed by atoms with Gasteiger partial charge >= 0.3 is 5.97 Å². The summed E-state index contributed by atoms with van der Waals surface area (Å²) >= 11 is 0. The lowest BCUT2D eigenvalue weighted by Gasteiger charge is -2.32. The average Bonchev–Trinajstić information content (AvgIpc) is 3.30. The number of ether oxygens (including phenoxy) is 1. The van der Waals surface area contributed by atoms with E-state index in [9.17, 15) is 9.59 Å². The number of rotatable bonds is 6. The van der Waals surface area contributed by atoms with Crippen LogP contribution in [0.5, 0.6) is 0 Å². The Morgan fingerprint density at radius 3 is 2.43 bits per heavy atom. The second-order valence-electron chi connectivity index (χ2n) is 6.22. The van der Waals surface area contributed by atoms with E-state index in [-0.39, 0.29) is 24.5 Å². The van der Waals surface area contributed by atoms with Gasteiger partial charge in [0.05, 0.1) is 13.7 Å². The van der Waals surface area contributed by atoms with Crippen LogP contribution >= 0.6 is 0 Å². The molecule has 1 amide bonds. The van der Waals surface area contributed by atoms with Crippen molar-refractivity contribution in [1.82, 2.24) is 15.1 Å². The summed E-state index contributed by atoms with van der Waals surface area (Å²) in [5.74, 6) is -0.332. The summed E-state index contributed by atoms with van der Waals surface area (Å²) in [7, 11) is 3.12. The van der Waals surface area contributed by atoms with E-state index in [0.29, 0.717) is 0 Å². The van der Waals surface area contributed by atoms with Crippen molar-refractivity contribution in [2.75, 3.05) is 33.8 Å². The van der Waals surface area contributed by atoms with Crippen molar-refractivity contribution in [3.63, 3.8) is 0 Å². The molecule has 1 aliphatic carbocycles. The molecule has 1 N–H and O–H groups in total. The molecule has 6 heteroatoms. The number of hydrogen-bond acceptors (Lipinski definition) is 5. The van der Waals surface area contributed by atoms with E-state index in [0.717, 1.165) is 32.0 Å². The Kier molecular flexibility index (Phi) is 5.58. The van der Waals surface area contributed by atoms with E-state index in [4.69, 9.17) is 0 Å². The molecule has 0 unspecified atom stereocenters. The molecule has 2 rings (SSSR count). The molecule has 0 bridgehead atoms. The molecule has 2 fully saturated rings. The fourth-order valence-corrected chi connectivity index (χ4v) is 2.84. The van der Waals surface area contributed by atoms with Crippen molar-refractivity contribution in [2.24, 2.45) is 0 Å². The number of piperidine rings is 1. The summed E-state index contributed by atoms with van der Waals surface area (Å²) in [5, 5.41) is 3.08. The smallest absolute Gasteiger partial charge is 0.322 e. The van der Waals surface area contributed by atoms with Gasteiger partial charge < -0.3 is 15.0 Å². The van der Waals surface area contributed by atoms with Crippen LogP contribution in [0.3, 0.4) is 0 Å². The van der Waals surface area contributed by atoms with Crippen molar-refractivity contribution in [3.05, 3.63) is 0 Å². The standard InChI is InChI=1S/C15H27N3O3/c1-11(15(20)21-3)17(2)10-14(19)16-12-6-8-18(9-7-12)13-4-5-13/h11-13H,4-10H2,1-3H3,(H,16,19)/t11-/m0/s1. The van der Waals surface area contributed by atoms with Crippen molar-refractivity contribution in [3.8, 4) is 0 Å². The second-order valence-corrected chi connectivity index (χ2v) is 6.22. The van der Waals surface area contributed by atoms with Crippen molar-refractivity contribution in [2.45, 2.75) is 50.7 Å². The first kappa shape index (κ1) is 16.2. The largest absolute Gasteiger partial charge is 0.468 e. The van der Waals surface area contributed by atoms with E-state index < -0.39 is 6.04 Å². The van der Waals surface area contributed by atoms with Gasteiger partial charge in [-0.1, -0.05) is 0 Å². The fourth-order valence-electron chi connectivity index (χ4n) is 2.84. The molecule has 0 spiro atoms. The maximum atomic E-state index is 12.0. The van der Waals surface area contributed by atoms with E-state index in [1.165, 1.54) is 20.0 Å². The van der Waals surface area contributed by atoms with E-state index >= 15 is 0 Å². The molecule has 0 aromatic rings. The molecule has 21 heavy (non-hydrogen) atoms. The molecule has 1 aliphatic heterocycles. The maximum Gasteiger partial charge on any atom is 0.322 e. The van der Waals surface area contributed by atoms with Crippen LogP contribution in [-0.4, -0.2) is 73.6 Å². The van der Waals surface area contributed by atoms with Crippen LogP contribution in [0, 0.1) is 0 Å². The number of methoxy groups -OCH3 is 1. The van der Waals surface area contributed by atoms with Crippen LogP contribution in [0.25, 0.3) is 0 Å². The van der Waals surface area contributed by atoms with Gasteiger partial charge in [0.2, 0.25) is 5.91 Å². The first-order valence-electron chi connectivity index (χ1n) is 7.82.